The summed E-state index contributed by atoms with van der Waals surface area (Å²) in [6.07, 6.45) is 0. The maximum atomic E-state index is 12.3. The Balaban J connectivity index is 2.25. The summed E-state index contributed by atoms with van der Waals surface area (Å²) >= 11 is 0. The van der Waals surface area contributed by atoms with Crippen LogP contribution in [0.4, 0.5) is 17.1 Å². The Morgan fingerprint density at radius 1 is 1.17 bits per heavy atom. The standard InChI is InChI=1S/C15H15N3O5S/c1-11(19)17(2)13-8-6-12(7-9-13)16-24(22,23)15-5-3-4-14(10-15)18(20)21/h3-10,16H,1-2H3. The van der Waals surface area contributed by atoms with Gasteiger partial charge in [0.15, 0.2) is 0 Å². The molecule has 1 N–H and O–H groups in total. The van der Waals surface area contributed by atoms with Crippen molar-refractivity contribution in [3.8, 4) is 0 Å². The number of nitrogens with one attached hydrogen (secondary N) is 1. The van der Waals surface area contributed by atoms with Crippen LogP contribution in [-0.4, -0.2) is 26.3 Å². The van der Waals surface area contributed by atoms with Gasteiger partial charge < -0.3 is 4.90 Å². The Labute approximate surface area is 138 Å². The zero-order chi connectivity index (χ0) is 17.9. The molecule has 24 heavy (non-hydrogen) atoms. The smallest absolute Gasteiger partial charge is 0.270 e. The van der Waals surface area contributed by atoms with Crippen LogP contribution in [0.25, 0.3) is 0 Å². The summed E-state index contributed by atoms with van der Waals surface area (Å²) in [6, 6.07) is 11.0. The molecule has 0 atom stereocenters. The lowest BCUT2D eigenvalue weighted by molar-refractivity contribution is -0.385. The van der Waals surface area contributed by atoms with Crippen molar-refractivity contribution in [3.63, 3.8) is 0 Å². The lowest BCUT2D eigenvalue weighted by atomic mass is 10.2. The van der Waals surface area contributed by atoms with E-state index in [2.05, 4.69) is 4.72 Å². The van der Waals surface area contributed by atoms with Gasteiger partial charge in [-0.15, -0.1) is 0 Å². The number of carbonyl (C=O) groups excluding carboxylic acids is 1. The third-order valence-corrected chi connectivity index (χ3v) is 4.70. The van der Waals surface area contributed by atoms with Gasteiger partial charge in [-0.25, -0.2) is 8.42 Å². The number of rotatable bonds is 5. The van der Waals surface area contributed by atoms with E-state index < -0.39 is 14.9 Å². The topological polar surface area (TPSA) is 110 Å². The van der Waals surface area contributed by atoms with E-state index in [1.807, 2.05) is 0 Å². The van der Waals surface area contributed by atoms with Crippen molar-refractivity contribution in [2.45, 2.75) is 11.8 Å². The minimum atomic E-state index is -3.95. The van der Waals surface area contributed by atoms with E-state index >= 15 is 0 Å². The minimum absolute atomic E-state index is 0.153. The Morgan fingerprint density at radius 3 is 2.33 bits per heavy atom. The number of amides is 1. The molecule has 0 aromatic heterocycles. The maximum Gasteiger partial charge on any atom is 0.270 e. The van der Waals surface area contributed by atoms with Crippen molar-refractivity contribution < 1.29 is 18.1 Å². The summed E-state index contributed by atoms with van der Waals surface area (Å²) in [5.74, 6) is -0.153. The van der Waals surface area contributed by atoms with E-state index in [4.69, 9.17) is 0 Å². The SMILES string of the molecule is CC(=O)N(C)c1ccc(NS(=O)(=O)c2cccc([N+](=O)[O-])c2)cc1. The number of benzene rings is 2. The van der Waals surface area contributed by atoms with Crippen LogP contribution < -0.4 is 9.62 Å². The van der Waals surface area contributed by atoms with Crippen LogP contribution in [-0.2, 0) is 14.8 Å². The van der Waals surface area contributed by atoms with Crippen LogP contribution in [0, 0.1) is 10.1 Å². The van der Waals surface area contributed by atoms with E-state index in [1.165, 1.54) is 42.2 Å². The molecule has 0 aliphatic heterocycles. The molecule has 0 bridgehead atoms. The molecule has 9 heteroatoms. The summed E-state index contributed by atoms with van der Waals surface area (Å²) in [5.41, 5.74) is 0.583. The summed E-state index contributed by atoms with van der Waals surface area (Å²) in [6.45, 7) is 1.42. The van der Waals surface area contributed by atoms with Gasteiger partial charge in [0.05, 0.1) is 9.82 Å². The van der Waals surface area contributed by atoms with E-state index in [9.17, 15) is 23.3 Å². The minimum Gasteiger partial charge on any atom is -0.316 e. The van der Waals surface area contributed by atoms with Crippen LogP contribution >= 0.6 is 0 Å². The second-order valence-corrected chi connectivity index (χ2v) is 6.67. The van der Waals surface area contributed by atoms with E-state index in [-0.39, 0.29) is 22.2 Å². The molecule has 2 aromatic carbocycles. The fourth-order valence-electron chi connectivity index (χ4n) is 1.91. The van der Waals surface area contributed by atoms with Gasteiger partial charge in [-0.05, 0) is 30.3 Å². The normalized spacial score (nSPS) is 10.9. The molecular formula is C15H15N3O5S. The molecule has 0 spiro atoms. The third-order valence-electron chi connectivity index (χ3n) is 3.32. The molecule has 8 nitrogen and oxygen atoms in total. The van der Waals surface area contributed by atoms with E-state index in [0.29, 0.717) is 5.69 Å². The lowest BCUT2D eigenvalue weighted by Gasteiger charge is -2.15. The van der Waals surface area contributed by atoms with Crippen molar-refractivity contribution in [1.82, 2.24) is 0 Å². The van der Waals surface area contributed by atoms with Gasteiger partial charge in [0.25, 0.3) is 15.7 Å². The number of hydrogen-bond donors (Lipinski definition) is 1. The highest BCUT2D eigenvalue weighted by Crippen LogP contribution is 2.22. The fraction of sp³-hybridized carbons (Fsp3) is 0.133. The van der Waals surface area contributed by atoms with Crippen molar-refractivity contribution in [3.05, 3.63) is 58.6 Å². The van der Waals surface area contributed by atoms with E-state index in [0.717, 1.165) is 6.07 Å². The molecule has 0 unspecified atom stereocenters. The molecule has 0 aliphatic rings. The first-order valence-corrected chi connectivity index (χ1v) is 8.30. The summed E-state index contributed by atoms with van der Waals surface area (Å²) < 4.78 is 27.0. The second kappa shape index (κ2) is 6.67. The van der Waals surface area contributed by atoms with Gasteiger partial charge >= 0.3 is 0 Å². The molecule has 2 aromatic rings. The summed E-state index contributed by atoms with van der Waals surface area (Å²) in [4.78, 5) is 22.6. The first kappa shape index (κ1) is 17.4. The van der Waals surface area contributed by atoms with Crippen molar-refractivity contribution in [2.24, 2.45) is 0 Å². The Kier molecular flexibility index (Phi) is 4.84. The molecule has 0 radical (unpaired) electrons. The number of hydrogen-bond acceptors (Lipinski definition) is 5. The van der Waals surface area contributed by atoms with Crippen molar-refractivity contribution >= 4 is 33.0 Å². The van der Waals surface area contributed by atoms with Crippen LogP contribution in [0.3, 0.4) is 0 Å². The zero-order valence-electron chi connectivity index (χ0n) is 13.0. The van der Waals surface area contributed by atoms with Gasteiger partial charge in [0, 0.05) is 37.5 Å². The highest BCUT2D eigenvalue weighted by Gasteiger charge is 2.18. The molecule has 2 rings (SSSR count). The number of anilines is 2. The number of carbonyl (C=O) groups is 1. The van der Waals surface area contributed by atoms with Crippen LogP contribution in [0.2, 0.25) is 0 Å². The molecular weight excluding hydrogens is 334 g/mol. The van der Waals surface area contributed by atoms with Crippen LogP contribution in [0.15, 0.2) is 53.4 Å². The van der Waals surface area contributed by atoms with Crippen molar-refractivity contribution in [2.75, 3.05) is 16.7 Å². The maximum absolute atomic E-state index is 12.3. The first-order valence-electron chi connectivity index (χ1n) is 6.82. The lowest BCUT2D eigenvalue weighted by Crippen LogP contribution is -2.22. The predicted molar refractivity (Wildman–Crippen MR) is 89.4 cm³/mol. The van der Waals surface area contributed by atoms with Gasteiger partial charge in [-0.3, -0.25) is 19.6 Å². The van der Waals surface area contributed by atoms with Gasteiger partial charge in [-0.2, -0.15) is 0 Å². The Morgan fingerprint density at radius 2 is 1.79 bits per heavy atom. The largest absolute Gasteiger partial charge is 0.316 e. The molecule has 1 amide bonds. The number of non-ortho nitro benzene ring substituents is 1. The number of nitrogens with zero attached hydrogens (tertiary/aromatic N) is 2. The molecule has 126 valence electrons. The van der Waals surface area contributed by atoms with Crippen LogP contribution in [0.5, 0.6) is 0 Å². The summed E-state index contributed by atoms with van der Waals surface area (Å²) in [7, 11) is -2.35. The van der Waals surface area contributed by atoms with Crippen LogP contribution in [0.1, 0.15) is 6.92 Å². The zero-order valence-corrected chi connectivity index (χ0v) is 13.8. The molecule has 0 aliphatic carbocycles. The van der Waals surface area contributed by atoms with Gasteiger partial charge in [0.1, 0.15) is 0 Å². The number of sulfonamides is 1. The highest BCUT2D eigenvalue weighted by atomic mass is 32.2. The average Bonchev–Trinajstić information content (AvgIpc) is 2.54. The predicted octanol–water partition coefficient (Wildman–Crippen LogP) is 2.38. The fourth-order valence-corrected chi connectivity index (χ4v) is 3.01. The molecule has 0 saturated heterocycles. The Bertz CT molecular complexity index is 878. The number of nitro groups is 1. The average molecular weight is 349 g/mol. The molecule has 0 heterocycles. The second-order valence-electron chi connectivity index (χ2n) is 4.98. The highest BCUT2D eigenvalue weighted by molar-refractivity contribution is 7.92. The molecule has 0 fully saturated rings. The summed E-state index contributed by atoms with van der Waals surface area (Å²) in [5, 5.41) is 10.8. The van der Waals surface area contributed by atoms with Gasteiger partial charge in [0.2, 0.25) is 5.91 Å². The Hall–Kier alpha value is -2.94. The molecule has 0 saturated carbocycles. The quantitative estimate of drug-likeness (QED) is 0.658. The number of nitro benzene ring substituents is 1. The van der Waals surface area contributed by atoms with Gasteiger partial charge in [-0.1, -0.05) is 6.07 Å². The monoisotopic (exact) mass is 349 g/mol. The third kappa shape index (κ3) is 3.87. The van der Waals surface area contributed by atoms with Crippen molar-refractivity contribution in [1.29, 1.82) is 0 Å². The first-order chi connectivity index (χ1) is 11.2. The van der Waals surface area contributed by atoms with E-state index in [1.54, 1.807) is 19.2 Å².